The van der Waals surface area contributed by atoms with Crippen molar-refractivity contribution in [3.63, 3.8) is 0 Å². The molecule has 116 valence electrons. The van der Waals surface area contributed by atoms with Gasteiger partial charge in [0.05, 0.1) is 23.8 Å². The standard InChI is InChI=1S/C16H24N2O3/c1-3-4-12-5-7-13(8-6-12)17-15-10-9-14(18(19)20)11-16(15)21-2/h9-13,17H,3-8H2,1-2H3. The van der Waals surface area contributed by atoms with E-state index in [1.807, 2.05) is 0 Å². The highest BCUT2D eigenvalue weighted by molar-refractivity contribution is 5.61. The van der Waals surface area contributed by atoms with E-state index in [9.17, 15) is 10.1 Å². The molecule has 5 heteroatoms. The molecule has 1 aliphatic rings. The van der Waals surface area contributed by atoms with Crippen molar-refractivity contribution < 1.29 is 9.66 Å². The number of benzene rings is 1. The third kappa shape index (κ3) is 4.09. The Morgan fingerprint density at radius 2 is 2.05 bits per heavy atom. The van der Waals surface area contributed by atoms with Gasteiger partial charge < -0.3 is 10.1 Å². The van der Waals surface area contributed by atoms with Gasteiger partial charge in [0.1, 0.15) is 5.75 Å². The van der Waals surface area contributed by atoms with E-state index in [0.717, 1.165) is 24.4 Å². The van der Waals surface area contributed by atoms with Crippen LogP contribution in [0.3, 0.4) is 0 Å². The van der Waals surface area contributed by atoms with Crippen LogP contribution in [0, 0.1) is 16.0 Å². The van der Waals surface area contributed by atoms with Crippen LogP contribution in [0.2, 0.25) is 0 Å². The number of nitro benzene ring substituents is 1. The zero-order valence-corrected chi connectivity index (χ0v) is 12.8. The molecule has 0 amide bonds. The number of non-ortho nitro benzene ring substituents is 1. The third-order valence-corrected chi connectivity index (χ3v) is 4.30. The molecule has 21 heavy (non-hydrogen) atoms. The number of hydrogen-bond acceptors (Lipinski definition) is 4. The molecule has 0 radical (unpaired) electrons. The quantitative estimate of drug-likeness (QED) is 0.624. The minimum Gasteiger partial charge on any atom is -0.494 e. The molecule has 0 aliphatic heterocycles. The van der Waals surface area contributed by atoms with Gasteiger partial charge in [-0.1, -0.05) is 19.8 Å². The Balaban J connectivity index is 1.98. The van der Waals surface area contributed by atoms with Gasteiger partial charge in [0.15, 0.2) is 0 Å². The third-order valence-electron chi connectivity index (χ3n) is 4.30. The van der Waals surface area contributed by atoms with Gasteiger partial charge in [-0.15, -0.1) is 0 Å². The first-order valence-corrected chi connectivity index (χ1v) is 7.73. The Morgan fingerprint density at radius 3 is 2.62 bits per heavy atom. The summed E-state index contributed by atoms with van der Waals surface area (Å²) in [6, 6.07) is 5.18. The van der Waals surface area contributed by atoms with Gasteiger partial charge in [-0.3, -0.25) is 10.1 Å². The van der Waals surface area contributed by atoms with Crippen molar-refractivity contribution in [1.29, 1.82) is 0 Å². The monoisotopic (exact) mass is 292 g/mol. The van der Waals surface area contributed by atoms with E-state index >= 15 is 0 Å². The SMILES string of the molecule is CCCC1CCC(Nc2ccc([N+](=O)[O-])cc2OC)CC1. The van der Waals surface area contributed by atoms with Crippen LogP contribution < -0.4 is 10.1 Å². The fourth-order valence-electron chi connectivity index (χ4n) is 3.14. The number of ether oxygens (including phenoxy) is 1. The number of anilines is 1. The topological polar surface area (TPSA) is 64.4 Å². The summed E-state index contributed by atoms with van der Waals surface area (Å²) in [4.78, 5) is 10.4. The lowest BCUT2D eigenvalue weighted by Gasteiger charge is -2.30. The molecule has 0 spiro atoms. The minimum absolute atomic E-state index is 0.0593. The van der Waals surface area contributed by atoms with Crippen LogP contribution in [0.5, 0.6) is 5.75 Å². The smallest absolute Gasteiger partial charge is 0.273 e. The molecule has 0 aromatic heterocycles. The van der Waals surface area contributed by atoms with Crippen molar-refractivity contribution in [2.24, 2.45) is 5.92 Å². The first-order chi connectivity index (χ1) is 10.1. The van der Waals surface area contributed by atoms with Crippen molar-refractivity contribution in [3.8, 4) is 5.75 Å². The molecule has 0 atom stereocenters. The summed E-state index contributed by atoms with van der Waals surface area (Å²) in [5, 5.41) is 14.3. The maximum atomic E-state index is 10.8. The van der Waals surface area contributed by atoms with Crippen LogP contribution in [0.15, 0.2) is 18.2 Å². The highest BCUT2D eigenvalue weighted by atomic mass is 16.6. The van der Waals surface area contributed by atoms with Crippen molar-refractivity contribution in [1.82, 2.24) is 0 Å². The number of rotatable bonds is 6. The molecule has 2 rings (SSSR count). The fourth-order valence-corrected chi connectivity index (χ4v) is 3.14. The molecule has 0 saturated heterocycles. The lowest BCUT2D eigenvalue weighted by Crippen LogP contribution is -2.26. The van der Waals surface area contributed by atoms with E-state index in [1.54, 1.807) is 13.2 Å². The van der Waals surface area contributed by atoms with Crippen LogP contribution in [-0.2, 0) is 0 Å². The number of nitrogens with one attached hydrogen (secondary N) is 1. The Labute approximate surface area is 125 Å². The predicted molar refractivity (Wildman–Crippen MR) is 83.9 cm³/mol. The number of nitrogens with zero attached hydrogens (tertiary/aromatic N) is 1. The average Bonchev–Trinajstić information content (AvgIpc) is 2.49. The van der Waals surface area contributed by atoms with Crippen LogP contribution in [-0.4, -0.2) is 18.1 Å². The molecular formula is C16H24N2O3. The Hall–Kier alpha value is -1.78. The Bertz CT molecular complexity index is 482. The predicted octanol–water partition coefficient (Wildman–Crippen LogP) is 4.37. The molecular weight excluding hydrogens is 268 g/mol. The van der Waals surface area contributed by atoms with Crippen LogP contribution >= 0.6 is 0 Å². The molecule has 1 aliphatic carbocycles. The normalized spacial score (nSPS) is 21.8. The van der Waals surface area contributed by atoms with E-state index in [0.29, 0.717) is 11.8 Å². The molecule has 1 aromatic carbocycles. The van der Waals surface area contributed by atoms with E-state index < -0.39 is 4.92 Å². The van der Waals surface area contributed by atoms with Gasteiger partial charge in [0.2, 0.25) is 0 Å². The number of nitro groups is 1. The van der Waals surface area contributed by atoms with E-state index in [4.69, 9.17) is 4.74 Å². The summed E-state index contributed by atoms with van der Waals surface area (Å²) in [5.74, 6) is 1.41. The van der Waals surface area contributed by atoms with Crippen molar-refractivity contribution in [3.05, 3.63) is 28.3 Å². The second kappa shape index (κ2) is 7.29. The van der Waals surface area contributed by atoms with Crippen LogP contribution in [0.1, 0.15) is 45.4 Å². The summed E-state index contributed by atoms with van der Waals surface area (Å²) in [5.41, 5.74) is 0.908. The summed E-state index contributed by atoms with van der Waals surface area (Å²) < 4.78 is 5.27. The van der Waals surface area contributed by atoms with Crippen molar-refractivity contribution in [2.45, 2.75) is 51.5 Å². The molecule has 1 aromatic rings. The van der Waals surface area contributed by atoms with Gasteiger partial charge in [-0.25, -0.2) is 0 Å². The van der Waals surface area contributed by atoms with Crippen molar-refractivity contribution in [2.75, 3.05) is 12.4 Å². The zero-order chi connectivity index (χ0) is 15.2. The highest BCUT2D eigenvalue weighted by Gasteiger charge is 2.21. The molecule has 1 N–H and O–H groups in total. The van der Waals surface area contributed by atoms with Gasteiger partial charge in [-0.2, -0.15) is 0 Å². The zero-order valence-electron chi connectivity index (χ0n) is 12.8. The first kappa shape index (κ1) is 15.6. The number of methoxy groups -OCH3 is 1. The Morgan fingerprint density at radius 1 is 1.33 bits per heavy atom. The second-order valence-electron chi connectivity index (χ2n) is 5.79. The van der Waals surface area contributed by atoms with E-state index in [1.165, 1.54) is 37.8 Å². The maximum Gasteiger partial charge on any atom is 0.273 e. The lowest BCUT2D eigenvalue weighted by molar-refractivity contribution is -0.384. The average molecular weight is 292 g/mol. The maximum absolute atomic E-state index is 10.8. The number of hydrogen-bond donors (Lipinski definition) is 1. The molecule has 5 nitrogen and oxygen atoms in total. The molecule has 0 bridgehead atoms. The minimum atomic E-state index is -0.401. The van der Waals surface area contributed by atoms with Gasteiger partial charge in [0, 0.05) is 12.1 Å². The summed E-state index contributed by atoms with van der Waals surface area (Å²) in [7, 11) is 1.54. The summed E-state index contributed by atoms with van der Waals surface area (Å²) >= 11 is 0. The van der Waals surface area contributed by atoms with E-state index in [2.05, 4.69) is 12.2 Å². The van der Waals surface area contributed by atoms with Crippen LogP contribution in [0.25, 0.3) is 0 Å². The Kier molecular flexibility index (Phi) is 5.42. The molecule has 0 heterocycles. The fraction of sp³-hybridized carbons (Fsp3) is 0.625. The summed E-state index contributed by atoms with van der Waals surface area (Å²) in [6.07, 6.45) is 7.43. The highest BCUT2D eigenvalue weighted by Crippen LogP contribution is 2.33. The van der Waals surface area contributed by atoms with Gasteiger partial charge in [-0.05, 0) is 37.7 Å². The largest absolute Gasteiger partial charge is 0.494 e. The second-order valence-corrected chi connectivity index (χ2v) is 5.79. The van der Waals surface area contributed by atoms with Gasteiger partial charge in [0.25, 0.3) is 5.69 Å². The van der Waals surface area contributed by atoms with Gasteiger partial charge >= 0.3 is 0 Å². The molecule has 1 saturated carbocycles. The lowest BCUT2D eigenvalue weighted by atomic mass is 9.83. The van der Waals surface area contributed by atoms with Crippen molar-refractivity contribution >= 4 is 11.4 Å². The molecule has 1 fully saturated rings. The van der Waals surface area contributed by atoms with Crippen LogP contribution in [0.4, 0.5) is 11.4 Å². The molecule has 0 unspecified atom stereocenters. The summed E-state index contributed by atoms with van der Waals surface area (Å²) in [6.45, 7) is 2.24. The van der Waals surface area contributed by atoms with E-state index in [-0.39, 0.29) is 5.69 Å². The first-order valence-electron chi connectivity index (χ1n) is 7.73.